The maximum absolute atomic E-state index is 4.31. The smallest absolute Gasteiger partial charge is 0.113 e. The molecule has 1 aromatic heterocycles. The van der Waals surface area contributed by atoms with E-state index in [1.165, 1.54) is 24.0 Å². The molecule has 2 nitrogen and oxygen atoms in total. The summed E-state index contributed by atoms with van der Waals surface area (Å²) >= 11 is 3.54. The Morgan fingerprint density at radius 1 is 1.44 bits per heavy atom. The van der Waals surface area contributed by atoms with Crippen molar-refractivity contribution >= 4 is 21.5 Å². The maximum atomic E-state index is 4.31. The topological polar surface area (TPSA) is 16.1 Å². The molecule has 3 heterocycles. The molecule has 0 amide bonds. The molecule has 0 spiro atoms. The third kappa shape index (κ3) is 1.62. The molecule has 2 atom stereocenters. The summed E-state index contributed by atoms with van der Waals surface area (Å²) in [4.78, 5) is 6.81. The standard InChI is InChI=1S/C13H15BrN2/c1-16-10-4-5-11(16)8-9(7-10)12-3-2-6-15-13(12)14/h2-3,6-7,10-11H,4-5,8H2,1H3. The number of halogens is 1. The van der Waals surface area contributed by atoms with Gasteiger partial charge in [0.1, 0.15) is 4.60 Å². The second kappa shape index (κ2) is 3.97. The predicted octanol–water partition coefficient (Wildman–Crippen LogP) is 3.09. The SMILES string of the molecule is CN1C2C=C(c3cccnc3Br)CC1CC2. The first-order valence-electron chi connectivity index (χ1n) is 5.79. The number of fused-ring (bicyclic) bond motifs is 2. The zero-order chi connectivity index (χ0) is 11.1. The molecule has 16 heavy (non-hydrogen) atoms. The van der Waals surface area contributed by atoms with Crippen LogP contribution in [0.2, 0.25) is 0 Å². The van der Waals surface area contributed by atoms with Crippen LogP contribution in [0.4, 0.5) is 0 Å². The van der Waals surface area contributed by atoms with E-state index in [1.54, 1.807) is 0 Å². The lowest BCUT2D eigenvalue weighted by Crippen LogP contribution is -2.34. The van der Waals surface area contributed by atoms with Crippen molar-refractivity contribution in [1.82, 2.24) is 9.88 Å². The van der Waals surface area contributed by atoms with Crippen LogP contribution in [0.3, 0.4) is 0 Å². The van der Waals surface area contributed by atoms with Crippen molar-refractivity contribution < 1.29 is 0 Å². The van der Waals surface area contributed by atoms with Crippen LogP contribution >= 0.6 is 15.9 Å². The minimum absolute atomic E-state index is 0.640. The number of likely N-dealkylation sites (N-methyl/N-ethyl adjacent to an activating group) is 1. The van der Waals surface area contributed by atoms with Crippen LogP contribution in [0.1, 0.15) is 24.8 Å². The Morgan fingerprint density at radius 3 is 3.06 bits per heavy atom. The van der Waals surface area contributed by atoms with Gasteiger partial charge < -0.3 is 0 Å². The molecular weight excluding hydrogens is 264 g/mol. The van der Waals surface area contributed by atoms with E-state index in [-0.39, 0.29) is 0 Å². The molecule has 2 aliphatic rings. The van der Waals surface area contributed by atoms with Crippen molar-refractivity contribution in [2.75, 3.05) is 7.05 Å². The van der Waals surface area contributed by atoms with Crippen LogP contribution in [-0.2, 0) is 0 Å². The summed E-state index contributed by atoms with van der Waals surface area (Å²) in [5.41, 5.74) is 2.73. The van der Waals surface area contributed by atoms with Crippen LogP contribution in [0.15, 0.2) is 29.0 Å². The van der Waals surface area contributed by atoms with E-state index >= 15 is 0 Å². The van der Waals surface area contributed by atoms with Gasteiger partial charge >= 0.3 is 0 Å². The molecule has 0 saturated carbocycles. The molecule has 2 bridgehead atoms. The van der Waals surface area contributed by atoms with Gasteiger partial charge in [0, 0.05) is 23.8 Å². The lowest BCUT2D eigenvalue weighted by atomic mass is 9.96. The van der Waals surface area contributed by atoms with Crippen molar-refractivity contribution in [2.24, 2.45) is 0 Å². The molecule has 1 saturated heterocycles. The highest BCUT2D eigenvalue weighted by Crippen LogP contribution is 2.38. The monoisotopic (exact) mass is 278 g/mol. The van der Waals surface area contributed by atoms with Gasteiger partial charge in [0.05, 0.1) is 0 Å². The van der Waals surface area contributed by atoms with E-state index in [2.05, 4.69) is 45.0 Å². The second-order valence-electron chi connectivity index (χ2n) is 4.70. The summed E-state index contributed by atoms with van der Waals surface area (Å²) in [6.07, 6.45) is 8.06. The van der Waals surface area contributed by atoms with Crippen LogP contribution < -0.4 is 0 Å². The lowest BCUT2D eigenvalue weighted by molar-refractivity contribution is 0.264. The zero-order valence-electron chi connectivity index (χ0n) is 9.36. The minimum Gasteiger partial charge on any atom is -0.297 e. The van der Waals surface area contributed by atoms with Gasteiger partial charge in [-0.3, -0.25) is 4.90 Å². The second-order valence-corrected chi connectivity index (χ2v) is 5.45. The van der Waals surface area contributed by atoms with Crippen molar-refractivity contribution in [3.05, 3.63) is 34.6 Å². The third-order valence-electron chi connectivity index (χ3n) is 3.85. The van der Waals surface area contributed by atoms with Gasteiger partial charge in [-0.2, -0.15) is 0 Å². The number of hydrogen-bond acceptors (Lipinski definition) is 2. The van der Waals surface area contributed by atoms with Crippen LogP contribution in [0.5, 0.6) is 0 Å². The van der Waals surface area contributed by atoms with Crippen molar-refractivity contribution in [3.8, 4) is 0 Å². The fourth-order valence-corrected chi connectivity index (χ4v) is 3.37. The Morgan fingerprint density at radius 2 is 2.31 bits per heavy atom. The number of nitrogens with zero attached hydrogens (tertiary/aromatic N) is 2. The highest BCUT2D eigenvalue weighted by atomic mass is 79.9. The van der Waals surface area contributed by atoms with E-state index in [4.69, 9.17) is 0 Å². The summed E-state index contributed by atoms with van der Waals surface area (Å²) in [7, 11) is 2.24. The van der Waals surface area contributed by atoms with Crippen molar-refractivity contribution in [2.45, 2.75) is 31.3 Å². The molecule has 0 radical (unpaired) electrons. The molecule has 84 valence electrons. The van der Waals surface area contributed by atoms with E-state index in [9.17, 15) is 0 Å². The fraction of sp³-hybridized carbons (Fsp3) is 0.462. The Labute approximate surface area is 104 Å². The van der Waals surface area contributed by atoms with E-state index in [0.29, 0.717) is 6.04 Å². The third-order valence-corrected chi connectivity index (χ3v) is 4.48. The first-order chi connectivity index (χ1) is 7.75. The van der Waals surface area contributed by atoms with Crippen molar-refractivity contribution in [3.63, 3.8) is 0 Å². The van der Waals surface area contributed by atoms with Crippen LogP contribution in [0.25, 0.3) is 5.57 Å². The average Bonchev–Trinajstić information content (AvgIpc) is 2.53. The lowest BCUT2D eigenvalue weighted by Gasteiger charge is -2.30. The average molecular weight is 279 g/mol. The van der Waals surface area contributed by atoms with Gasteiger partial charge in [-0.05, 0) is 53.9 Å². The predicted molar refractivity (Wildman–Crippen MR) is 69.1 cm³/mol. The zero-order valence-corrected chi connectivity index (χ0v) is 10.9. The van der Waals surface area contributed by atoms with Gasteiger partial charge in [-0.1, -0.05) is 12.1 Å². The summed E-state index contributed by atoms with van der Waals surface area (Å²) in [6.45, 7) is 0. The Bertz CT molecular complexity index is 441. The summed E-state index contributed by atoms with van der Waals surface area (Å²) in [6, 6.07) is 5.55. The molecular formula is C13H15BrN2. The molecule has 0 N–H and O–H groups in total. The molecule has 0 aromatic carbocycles. The van der Waals surface area contributed by atoms with Gasteiger partial charge in [0.2, 0.25) is 0 Å². The molecule has 2 aliphatic heterocycles. The molecule has 1 fully saturated rings. The normalized spacial score (nSPS) is 29.2. The first-order valence-corrected chi connectivity index (χ1v) is 6.58. The molecule has 2 unspecified atom stereocenters. The van der Waals surface area contributed by atoms with Crippen LogP contribution in [0, 0.1) is 0 Å². The Hall–Kier alpha value is -0.670. The molecule has 1 aromatic rings. The highest BCUT2D eigenvalue weighted by molar-refractivity contribution is 9.10. The summed E-state index contributed by atoms with van der Waals surface area (Å²) in [5.74, 6) is 0. The quantitative estimate of drug-likeness (QED) is 0.734. The van der Waals surface area contributed by atoms with Crippen molar-refractivity contribution in [1.29, 1.82) is 0 Å². The molecule has 3 heteroatoms. The largest absolute Gasteiger partial charge is 0.297 e. The molecule has 3 rings (SSSR count). The van der Waals surface area contributed by atoms with Crippen LogP contribution in [-0.4, -0.2) is 29.0 Å². The first kappa shape index (κ1) is 10.5. The maximum Gasteiger partial charge on any atom is 0.113 e. The van der Waals surface area contributed by atoms with Gasteiger partial charge in [0.15, 0.2) is 0 Å². The Kier molecular flexibility index (Phi) is 2.60. The van der Waals surface area contributed by atoms with E-state index in [1.807, 2.05) is 12.3 Å². The summed E-state index contributed by atoms with van der Waals surface area (Å²) < 4.78 is 0.977. The van der Waals surface area contributed by atoms with E-state index < -0.39 is 0 Å². The fourth-order valence-electron chi connectivity index (χ4n) is 2.87. The van der Waals surface area contributed by atoms with E-state index in [0.717, 1.165) is 17.1 Å². The number of pyridine rings is 1. The Balaban J connectivity index is 1.98. The summed E-state index contributed by atoms with van der Waals surface area (Å²) in [5, 5.41) is 0. The highest BCUT2D eigenvalue weighted by Gasteiger charge is 2.34. The van der Waals surface area contributed by atoms with Gasteiger partial charge in [-0.15, -0.1) is 0 Å². The minimum atomic E-state index is 0.640. The van der Waals surface area contributed by atoms with Gasteiger partial charge in [0.25, 0.3) is 0 Å². The molecule has 0 aliphatic carbocycles. The number of rotatable bonds is 1. The number of hydrogen-bond donors (Lipinski definition) is 0. The number of aromatic nitrogens is 1. The van der Waals surface area contributed by atoms with Gasteiger partial charge in [-0.25, -0.2) is 4.98 Å².